The summed E-state index contributed by atoms with van der Waals surface area (Å²) >= 11 is 0. The summed E-state index contributed by atoms with van der Waals surface area (Å²) in [6.07, 6.45) is 2.56. The number of benzene rings is 3. The molecule has 0 radical (unpaired) electrons. The van der Waals surface area contributed by atoms with E-state index < -0.39 is 0 Å². The summed E-state index contributed by atoms with van der Waals surface area (Å²) in [6, 6.07) is 21.2. The third-order valence-electron chi connectivity index (χ3n) is 8.62. The van der Waals surface area contributed by atoms with Crippen molar-refractivity contribution < 1.29 is 51.7 Å². The van der Waals surface area contributed by atoms with Gasteiger partial charge in [0.2, 0.25) is 0 Å². The molecule has 50 heavy (non-hydrogen) atoms. The molecular weight excluding hydrogens is 774 g/mol. The number of hydrogen-bond donors (Lipinski definition) is 0. The Hall–Kier alpha value is -1.92. The molecule has 4 rings (SSSR count). The molecule has 0 bridgehead atoms. The monoisotopic (exact) mass is 838 g/mol. The summed E-state index contributed by atoms with van der Waals surface area (Å²) in [7, 11) is 0. The zero-order valence-electron chi connectivity index (χ0n) is 33.4. The standard InChI is InChI=1S/C40H56N4.C4H8O.Yb/c1-25(2)29-19-17-20-30(26(3)4)35(29)43-37(39(9,10)11)41-33-23-15-16-24-34(33)42-38(40(12,13)14)44-36-31(27(5)6)21-18-22-32(36)28(7)8;1-2-4-5-3-1;/h15-28H,1-14H3;1-4H2;/q-2;;+2. The van der Waals surface area contributed by atoms with E-state index in [4.69, 9.17) is 25.4 Å². The van der Waals surface area contributed by atoms with Crippen LogP contribution in [0.2, 0.25) is 0 Å². The van der Waals surface area contributed by atoms with Crippen LogP contribution in [0.1, 0.15) is 156 Å². The van der Waals surface area contributed by atoms with Crippen molar-refractivity contribution in [3.8, 4) is 0 Å². The van der Waals surface area contributed by atoms with Gasteiger partial charge < -0.3 is 25.4 Å². The minimum atomic E-state index is -0.283. The van der Waals surface area contributed by atoms with Crippen LogP contribution >= 0.6 is 0 Å². The predicted octanol–water partition coefficient (Wildman–Crippen LogP) is 14.5. The zero-order chi connectivity index (χ0) is 36.5. The predicted molar refractivity (Wildman–Crippen MR) is 215 cm³/mol. The Kier molecular flexibility index (Phi) is 17.5. The Bertz CT molecular complexity index is 1390. The van der Waals surface area contributed by atoms with Gasteiger partial charge in [-0.05, 0) is 92.3 Å². The van der Waals surface area contributed by atoms with Crippen molar-refractivity contribution in [2.75, 3.05) is 13.2 Å². The summed E-state index contributed by atoms with van der Waals surface area (Å²) in [5.41, 5.74) is 8.11. The maximum atomic E-state index is 5.34. The first-order valence-electron chi connectivity index (χ1n) is 18.5. The molecule has 0 atom stereocenters. The van der Waals surface area contributed by atoms with Crippen molar-refractivity contribution in [1.29, 1.82) is 0 Å². The van der Waals surface area contributed by atoms with Crippen LogP contribution in [0.25, 0.3) is 10.6 Å². The Morgan fingerprint density at radius 1 is 0.520 bits per heavy atom. The van der Waals surface area contributed by atoms with E-state index in [1.54, 1.807) is 0 Å². The van der Waals surface area contributed by atoms with Crippen LogP contribution in [0.5, 0.6) is 0 Å². The van der Waals surface area contributed by atoms with Crippen LogP contribution < -0.4 is 0 Å². The van der Waals surface area contributed by atoms with E-state index in [0.717, 1.165) is 47.6 Å². The summed E-state index contributed by atoms with van der Waals surface area (Å²) in [5.74, 6) is 2.99. The largest absolute Gasteiger partial charge is 2.00 e. The molecule has 280 valence electrons. The third kappa shape index (κ3) is 12.6. The molecule has 0 saturated carbocycles. The van der Waals surface area contributed by atoms with Crippen LogP contribution in [0.3, 0.4) is 0 Å². The molecule has 1 heterocycles. The third-order valence-corrected chi connectivity index (χ3v) is 8.62. The smallest absolute Gasteiger partial charge is 0.439 e. The summed E-state index contributed by atoms with van der Waals surface area (Å²) in [4.78, 5) is 10.7. The first-order chi connectivity index (χ1) is 22.9. The number of ether oxygens (including phenoxy) is 1. The molecule has 0 aromatic heterocycles. The first-order valence-corrected chi connectivity index (χ1v) is 18.5. The van der Waals surface area contributed by atoms with E-state index in [0.29, 0.717) is 23.7 Å². The molecular formula is C44H64N4OYb. The van der Waals surface area contributed by atoms with E-state index >= 15 is 0 Å². The fourth-order valence-electron chi connectivity index (χ4n) is 5.61. The Labute approximate surface area is 344 Å². The van der Waals surface area contributed by atoms with Gasteiger partial charge >= 0.3 is 46.9 Å². The number of aliphatic imine (C=N–C) groups is 2. The van der Waals surface area contributed by atoms with Gasteiger partial charge in [0.15, 0.2) is 0 Å². The molecule has 1 saturated heterocycles. The van der Waals surface area contributed by atoms with Gasteiger partial charge in [-0.15, -0.1) is 0 Å². The molecule has 1 fully saturated rings. The van der Waals surface area contributed by atoms with Crippen molar-refractivity contribution in [3.05, 3.63) is 93.6 Å². The van der Waals surface area contributed by atoms with Gasteiger partial charge in [-0.1, -0.05) is 169 Å². The molecule has 3 aromatic carbocycles. The molecule has 1 aliphatic heterocycles. The Balaban J connectivity index is 0.00000132. The van der Waals surface area contributed by atoms with Crippen LogP contribution in [-0.2, 0) is 4.74 Å². The van der Waals surface area contributed by atoms with Gasteiger partial charge in [-0.25, -0.2) is 0 Å². The fraction of sp³-hybridized carbons (Fsp3) is 0.545. The van der Waals surface area contributed by atoms with Crippen molar-refractivity contribution in [3.63, 3.8) is 0 Å². The average molecular weight is 838 g/mol. The van der Waals surface area contributed by atoms with Crippen LogP contribution in [0.4, 0.5) is 22.7 Å². The van der Waals surface area contributed by atoms with E-state index in [1.165, 1.54) is 35.1 Å². The Morgan fingerprint density at radius 2 is 0.820 bits per heavy atom. The van der Waals surface area contributed by atoms with Gasteiger partial charge in [0, 0.05) is 13.2 Å². The molecule has 5 nitrogen and oxygen atoms in total. The van der Waals surface area contributed by atoms with Crippen LogP contribution in [0, 0.1) is 57.8 Å². The van der Waals surface area contributed by atoms with Crippen LogP contribution in [-0.4, -0.2) is 24.9 Å². The molecule has 0 unspecified atom stereocenters. The van der Waals surface area contributed by atoms with E-state index in [9.17, 15) is 0 Å². The van der Waals surface area contributed by atoms with Crippen LogP contribution in [0.15, 0.2) is 70.6 Å². The molecule has 0 aliphatic carbocycles. The van der Waals surface area contributed by atoms with E-state index in [2.05, 4.69) is 133 Å². The zero-order valence-corrected chi connectivity index (χ0v) is 35.1. The molecule has 6 heteroatoms. The average Bonchev–Trinajstić information content (AvgIpc) is 3.60. The number of amidine groups is 2. The molecule has 0 amide bonds. The topological polar surface area (TPSA) is 62.1 Å². The normalized spacial score (nSPS) is 14.2. The second-order valence-electron chi connectivity index (χ2n) is 16.6. The van der Waals surface area contributed by atoms with Crippen molar-refractivity contribution >= 4 is 34.4 Å². The maximum Gasteiger partial charge on any atom is 2.00 e. The second kappa shape index (κ2) is 19.8. The molecule has 0 spiro atoms. The number of rotatable bonds is 8. The fourth-order valence-corrected chi connectivity index (χ4v) is 5.61. The SMILES string of the molecule is C1CCOC1.CC(C)c1cccc(C(C)C)c1N=C([N-]c1ccccc1[N-]C(=Nc1c(C(C)C)cccc1C(C)C)C(C)(C)C)C(C)(C)C.[Yb+2]. The number of hydrogen-bond acceptors (Lipinski definition) is 3. The molecule has 0 N–H and O–H groups in total. The molecule has 1 aliphatic rings. The summed E-state index contributed by atoms with van der Waals surface area (Å²) < 4.78 is 4.94. The van der Waals surface area contributed by atoms with Crippen molar-refractivity contribution in [1.82, 2.24) is 0 Å². The first kappa shape index (κ1) is 44.2. The van der Waals surface area contributed by atoms with Gasteiger partial charge in [0.05, 0.1) is 0 Å². The van der Waals surface area contributed by atoms with Crippen molar-refractivity contribution in [2.24, 2.45) is 20.8 Å². The summed E-state index contributed by atoms with van der Waals surface area (Å²) in [5, 5.41) is 10.5. The summed E-state index contributed by atoms with van der Waals surface area (Å²) in [6.45, 7) is 32.9. The van der Waals surface area contributed by atoms with Crippen molar-refractivity contribution in [2.45, 2.75) is 133 Å². The minimum absolute atomic E-state index is 0. The van der Waals surface area contributed by atoms with Gasteiger partial charge in [-0.2, -0.15) is 0 Å². The minimum Gasteiger partial charge on any atom is -0.439 e. The Morgan fingerprint density at radius 3 is 1.04 bits per heavy atom. The number of nitrogens with zero attached hydrogens (tertiary/aromatic N) is 4. The second-order valence-corrected chi connectivity index (χ2v) is 16.6. The van der Waals surface area contributed by atoms with E-state index in [1.807, 2.05) is 24.3 Å². The molecule has 3 aromatic rings. The maximum absolute atomic E-state index is 5.34. The van der Waals surface area contributed by atoms with Gasteiger partial charge in [0.1, 0.15) is 0 Å². The van der Waals surface area contributed by atoms with E-state index in [-0.39, 0.29) is 57.8 Å². The van der Waals surface area contributed by atoms with Gasteiger partial charge in [-0.3, -0.25) is 0 Å². The van der Waals surface area contributed by atoms with Gasteiger partial charge in [0.25, 0.3) is 0 Å². The quantitative estimate of drug-likeness (QED) is 0.165. The number of para-hydroxylation sites is 4.